The molecule has 0 saturated heterocycles. The van der Waals surface area contributed by atoms with Gasteiger partial charge in [0.25, 0.3) is 0 Å². The van der Waals surface area contributed by atoms with Crippen LogP contribution in [0.2, 0.25) is 0 Å². The fourth-order valence-corrected chi connectivity index (χ4v) is 2.18. The smallest absolute Gasteiger partial charge is 0.230 e. The van der Waals surface area contributed by atoms with Gasteiger partial charge in [0.05, 0.1) is 12.0 Å². The van der Waals surface area contributed by atoms with E-state index in [9.17, 15) is 4.79 Å². The summed E-state index contributed by atoms with van der Waals surface area (Å²) < 4.78 is 5.03. The van der Waals surface area contributed by atoms with E-state index >= 15 is 0 Å². The quantitative estimate of drug-likeness (QED) is 0.843. The van der Waals surface area contributed by atoms with Crippen LogP contribution in [0.4, 0.5) is 0 Å². The largest absolute Gasteiger partial charge is 0.383 e. The van der Waals surface area contributed by atoms with Gasteiger partial charge in [0, 0.05) is 13.2 Å². The van der Waals surface area contributed by atoms with E-state index in [-0.39, 0.29) is 17.4 Å². The summed E-state index contributed by atoms with van der Waals surface area (Å²) in [6, 6.07) is 10.1. The average molecular weight is 233 g/mol. The van der Waals surface area contributed by atoms with Gasteiger partial charge in [0.1, 0.15) is 0 Å². The molecular formula is C14H19NO2. The topological polar surface area (TPSA) is 38.3 Å². The highest BCUT2D eigenvalue weighted by molar-refractivity contribution is 5.91. The lowest BCUT2D eigenvalue weighted by Crippen LogP contribution is -2.42. The average Bonchev–Trinajstić information content (AvgIpc) is 3.11. The van der Waals surface area contributed by atoms with Gasteiger partial charge in [-0.25, -0.2) is 0 Å². The van der Waals surface area contributed by atoms with Crippen molar-refractivity contribution in [1.82, 2.24) is 5.32 Å². The van der Waals surface area contributed by atoms with E-state index in [1.54, 1.807) is 7.11 Å². The van der Waals surface area contributed by atoms with Crippen molar-refractivity contribution in [3.8, 4) is 0 Å². The van der Waals surface area contributed by atoms with Gasteiger partial charge in [-0.15, -0.1) is 0 Å². The first-order valence-corrected chi connectivity index (χ1v) is 6.04. The predicted octanol–water partition coefficient (Wildman–Crippen LogP) is 1.87. The van der Waals surface area contributed by atoms with E-state index < -0.39 is 0 Å². The van der Waals surface area contributed by atoms with Crippen LogP contribution in [0.15, 0.2) is 30.3 Å². The maximum absolute atomic E-state index is 12.2. The molecule has 1 amide bonds. The third-order valence-corrected chi connectivity index (χ3v) is 3.31. The molecule has 92 valence electrons. The molecule has 1 unspecified atom stereocenters. The van der Waals surface area contributed by atoms with E-state index in [1.807, 2.05) is 37.3 Å². The van der Waals surface area contributed by atoms with E-state index in [4.69, 9.17) is 4.74 Å². The minimum absolute atomic E-state index is 0.0636. The normalized spacial score (nSPS) is 18.5. The summed E-state index contributed by atoms with van der Waals surface area (Å²) in [4.78, 5) is 12.2. The Morgan fingerprint density at radius 1 is 1.41 bits per heavy atom. The number of benzene rings is 1. The Hall–Kier alpha value is -1.35. The molecular weight excluding hydrogens is 214 g/mol. The number of hydrogen-bond donors (Lipinski definition) is 1. The summed E-state index contributed by atoms with van der Waals surface area (Å²) in [6.45, 7) is 2.51. The first-order chi connectivity index (χ1) is 8.19. The van der Waals surface area contributed by atoms with Crippen molar-refractivity contribution in [2.75, 3.05) is 13.7 Å². The lowest BCUT2D eigenvalue weighted by molar-refractivity contribution is -0.124. The van der Waals surface area contributed by atoms with Crippen LogP contribution in [0, 0.1) is 0 Å². The van der Waals surface area contributed by atoms with Crippen LogP contribution in [0.1, 0.15) is 25.3 Å². The maximum atomic E-state index is 12.2. The Morgan fingerprint density at radius 3 is 2.59 bits per heavy atom. The van der Waals surface area contributed by atoms with Crippen LogP contribution in [0.3, 0.4) is 0 Å². The molecule has 1 aromatic rings. The zero-order chi connectivity index (χ0) is 12.3. The lowest BCUT2D eigenvalue weighted by atomic mass is 9.95. The number of hydrogen-bond acceptors (Lipinski definition) is 2. The van der Waals surface area contributed by atoms with Crippen LogP contribution < -0.4 is 5.32 Å². The monoisotopic (exact) mass is 233 g/mol. The number of nitrogens with one attached hydrogen (secondary N) is 1. The molecule has 17 heavy (non-hydrogen) atoms. The molecule has 1 fully saturated rings. The van der Waals surface area contributed by atoms with E-state index in [2.05, 4.69) is 5.32 Å². The first kappa shape index (κ1) is 12.1. The molecule has 3 heteroatoms. The number of ether oxygens (including phenoxy) is 1. The lowest BCUT2D eigenvalue weighted by Gasteiger charge is -2.19. The molecule has 0 radical (unpaired) electrons. The minimum Gasteiger partial charge on any atom is -0.383 e. The first-order valence-electron chi connectivity index (χ1n) is 6.04. The third kappa shape index (κ3) is 2.50. The van der Waals surface area contributed by atoms with Gasteiger partial charge in [-0.1, -0.05) is 30.3 Å². The van der Waals surface area contributed by atoms with Gasteiger partial charge in [-0.3, -0.25) is 4.79 Å². The van der Waals surface area contributed by atoms with E-state index in [0.717, 1.165) is 18.4 Å². The second-order valence-corrected chi connectivity index (χ2v) is 4.78. The van der Waals surface area contributed by atoms with Crippen molar-refractivity contribution in [1.29, 1.82) is 0 Å². The number of rotatable bonds is 5. The molecule has 1 saturated carbocycles. The SMILES string of the molecule is COCC(C)NC(=O)C1(c2ccccc2)CC1. The van der Waals surface area contributed by atoms with Crippen molar-refractivity contribution >= 4 is 5.91 Å². The van der Waals surface area contributed by atoms with Crippen molar-refractivity contribution in [2.45, 2.75) is 31.2 Å². The predicted molar refractivity (Wildman–Crippen MR) is 66.8 cm³/mol. The Labute approximate surface area is 102 Å². The number of carbonyl (C=O) groups is 1. The zero-order valence-corrected chi connectivity index (χ0v) is 10.4. The van der Waals surface area contributed by atoms with Gasteiger partial charge < -0.3 is 10.1 Å². The molecule has 3 nitrogen and oxygen atoms in total. The van der Waals surface area contributed by atoms with Crippen molar-refractivity contribution in [3.63, 3.8) is 0 Å². The van der Waals surface area contributed by atoms with Gasteiger partial charge in [0.2, 0.25) is 5.91 Å². The molecule has 0 spiro atoms. The fraction of sp³-hybridized carbons (Fsp3) is 0.500. The van der Waals surface area contributed by atoms with Crippen molar-refractivity contribution in [2.24, 2.45) is 0 Å². The van der Waals surface area contributed by atoms with Crippen LogP contribution >= 0.6 is 0 Å². The molecule has 0 aromatic heterocycles. The molecule has 1 aromatic carbocycles. The number of carbonyl (C=O) groups excluding carboxylic acids is 1. The summed E-state index contributed by atoms with van der Waals surface area (Å²) >= 11 is 0. The van der Waals surface area contributed by atoms with Crippen molar-refractivity contribution < 1.29 is 9.53 Å². The summed E-state index contributed by atoms with van der Waals surface area (Å²) in [5.74, 6) is 0.133. The Bertz CT molecular complexity index is 384. The molecule has 0 aliphatic heterocycles. The van der Waals surface area contributed by atoms with Gasteiger partial charge in [0.15, 0.2) is 0 Å². The van der Waals surface area contributed by atoms with Crippen LogP contribution in [0.5, 0.6) is 0 Å². The molecule has 1 aliphatic rings. The Kier molecular flexibility index (Phi) is 3.48. The summed E-state index contributed by atoms with van der Waals surface area (Å²) in [6.07, 6.45) is 1.89. The minimum atomic E-state index is -0.275. The number of amides is 1. The van der Waals surface area contributed by atoms with E-state index in [1.165, 1.54) is 0 Å². The van der Waals surface area contributed by atoms with Gasteiger partial charge >= 0.3 is 0 Å². The molecule has 1 N–H and O–H groups in total. The highest BCUT2D eigenvalue weighted by Crippen LogP contribution is 2.48. The van der Waals surface area contributed by atoms with Crippen molar-refractivity contribution in [3.05, 3.63) is 35.9 Å². The maximum Gasteiger partial charge on any atom is 0.230 e. The summed E-state index contributed by atoms with van der Waals surface area (Å²) in [5.41, 5.74) is 0.852. The fourth-order valence-electron chi connectivity index (χ4n) is 2.18. The van der Waals surface area contributed by atoms with Gasteiger partial charge in [-0.05, 0) is 25.3 Å². The Morgan fingerprint density at radius 2 is 2.06 bits per heavy atom. The highest BCUT2D eigenvalue weighted by Gasteiger charge is 2.51. The molecule has 2 rings (SSSR count). The number of methoxy groups -OCH3 is 1. The van der Waals surface area contributed by atoms with Crippen LogP contribution in [-0.2, 0) is 14.9 Å². The highest BCUT2D eigenvalue weighted by atomic mass is 16.5. The second-order valence-electron chi connectivity index (χ2n) is 4.78. The molecule has 1 atom stereocenters. The van der Waals surface area contributed by atoms with Crippen LogP contribution in [0.25, 0.3) is 0 Å². The van der Waals surface area contributed by atoms with E-state index in [0.29, 0.717) is 6.61 Å². The molecule has 0 bridgehead atoms. The van der Waals surface area contributed by atoms with Gasteiger partial charge in [-0.2, -0.15) is 0 Å². The van der Waals surface area contributed by atoms with Crippen LogP contribution in [-0.4, -0.2) is 25.7 Å². The third-order valence-electron chi connectivity index (χ3n) is 3.31. The standard InChI is InChI=1S/C14H19NO2/c1-11(10-17-2)15-13(16)14(8-9-14)12-6-4-3-5-7-12/h3-7,11H,8-10H2,1-2H3,(H,15,16). The zero-order valence-electron chi connectivity index (χ0n) is 10.4. The second kappa shape index (κ2) is 4.88. The Balaban J connectivity index is 2.04. The molecule has 0 heterocycles. The summed E-state index contributed by atoms with van der Waals surface area (Å²) in [5, 5.41) is 3.02. The molecule has 1 aliphatic carbocycles. The summed E-state index contributed by atoms with van der Waals surface area (Å²) in [7, 11) is 1.65.